The van der Waals surface area contributed by atoms with Crippen LogP contribution in [0.15, 0.2) is 23.8 Å². The number of rotatable bonds is 2. The quantitative estimate of drug-likeness (QED) is 0.881. The van der Waals surface area contributed by atoms with Gasteiger partial charge in [0.2, 0.25) is 0 Å². The van der Waals surface area contributed by atoms with Crippen molar-refractivity contribution in [3.8, 4) is 6.07 Å². The molecule has 1 aliphatic carbocycles. The second-order valence-corrected chi connectivity index (χ2v) is 5.59. The molecule has 0 radical (unpaired) electrons. The third-order valence-corrected chi connectivity index (χ3v) is 3.96. The van der Waals surface area contributed by atoms with Crippen LogP contribution >= 0.6 is 0 Å². The Morgan fingerprint density at radius 2 is 1.95 bits per heavy atom. The SMILES string of the molecule is N#Cc1cc(C=C2CC(N)C2)cc(N2CCCC2)c1. The summed E-state index contributed by atoms with van der Waals surface area (Å²) >= 11 is 0. The van der Waals surface area contributed by atoms with Gasteiger partial charge in [0.25, 0.3) is 0 Å². The lowest BCUT2D eigenvalue weighted by Crippen LogP contribution is -2.29. The molecule has 2 N–H and O–H groups in total. The molecule has 2 aliphatic rings. The minimum Gasteiger partial charge on any atom is -0.371 e. The van der Waals surface area contributed by atoms with Crippen LogP contribution in [-0.2, 0) is 0 Å². The summed E-state index contributed by atoms with van der Waals surface area (Å²) in [4.78, 5) is 2.37. The van der Waals surface area contributed by atoms with Gasteiger partial charge < -0.3 is 10.6 Å². The van der Waals surface area contributed by atoms with E-state index in [4.69, 9.17) is 11.0 Å². The highest BCUT2D eigenvalue weighted by Crippen LogP contribution is 2.29. The maximum atomic E-state index is 9.17. The van der Waals surface area contributed by atoms with E-state index in [1.54, 1.807) is 0 Å². The molecule has 3 heteroatoms. The second-order valence-electron chi connectivity index (χ2n) is 5.59. The minimum absolute atomic E-state index is 0.337. The highest BCUT2D eigenvalue weighted by molar-refractivity contribution is 5.64. The molecule has 3 rings (SSSR count). The fraction of sp³-hybridized carbons (Fsp3) is 0.438. The van der Waals surface area contributed by atoms with E-state index in [0.29, 0.717) is 6.04 Å². The predicted octanol–water partition coefficient (Wildman–Crippen LogP) is 2.66. The molecule has 19 heavy (non-hydrogen) atoms. The van der Waals surface area contributed by atoms with Gasteiger partial charge in [-0.05, 0) is 49.4 Å². The Balaban J connectivity index is 1.89. The van der Waals surface area contributed by atoms with Crippen molar-refractivity contribution in [1.29, 1.82) is 5.26 Å². The summed E-state index contributed by atoms with van der Waals surface area (Å²) in [5, 5.41) is 9.17. The van der Waals surface area contributed by atoms with Crippen LogP contribution in [-0.4, -0.2) is 19.1 Å². The molecule has 0 amide bonds. The van der Waals surface area contributed by atoms with E-state index in [1.165, 1.54) is 24.1 Å². The van der Waals surface area contributed by atoms with Gasteiger partial charge in [0.05, 0.1) is 11.6 Å². The molecule has 3 nitrogen and oxygen atoms in total. The number of nitrogens with zero attached hydrogens (tertiary/aromatic N) is 2. The van der Waals surface area contributed by atoms with Gasteiger partial charge in [0, 0.05) is 24.8 Å². The Labute approximate surface area is 114 Å². The lowest BCUT2D eigenvalue weighted by Gasteiger charge is -2.25. The van der Waals surface area contributed by atoms with E-state index < -0.39 is 0 Å². The number of anilines is 1. The minimum atomic E-state index is 0.337. The highest BCUT2D eigenvalue weighted by atomic mass is 15.1. The maximum absolute atomic E-state index is 9.17. The van der Waals surface area contributed by atoms with Gasteiger partial charge in [-0.25, -0.2) is 0 Å². The zero-order valence-electron chi connectivity index (χ0n) is 11.1. The molecule has 1 saturated carbocycles. The van der Waals surface area contributed by atoms with Crippen molar-refractivity contribution in [3.63, 3.8) is 0 Å². The van der Waals surface area contributed by atoms with Crippen molar-refractivity contribution < 1.29 is 0 Å². The molecule has 0 unspecified atom stereocenters. The predicted molar refractivity (Wildman–Crippen MR) is 77.8 cm³/mol. The fourth-order valence-electron chi connectivity index (χ4n) is 2.91. The molecule has 2 fully saturated rings. The standard InChI is InChI=1S/C16H19N3/c17-11-14-6-12(5-13-7-15(18)8-13)9-16(10-14)19-3-1-2-4-19/h5-6,9-10,15H,1-4,7-8,18H2. The van der Waals surface area contributed by atoms with Crippen molar-refractivity contribution in [2.75, 3.05) is 18.0 Å². The first kappa shape index (κ1) is 12.3. The molecular formula is C16H19N3. The molecule has 0 spiro atoms. The number of benzene rings is 1. The average molecular weight is 253 g/mol. The topological polar surface area (TPSA) is 53.1 Å². The summed E-state index contributed by atoms with van der Waals surface area (Å²) in [7, 11) is 0. The summed E-state index contributed by atoms with van der Waals surface area (Å²) in [5.74, 6) is 0. The molecule has 1 aromatic carbocycles. The summed E-state index contributed by atoms with van der Waals surface area (Å²) < 4.78 is 0. The van der Waals surface area contributed by atoms with Gasteiger partial charge in [-0.2, -0.15) is 5.26 Å². The third kappa shape index (κ3) is 2.64. The smallest absolute Gasteiger partial charge is 0.0992 e. The number of nitriles is 1. The molecule has 0 atom stereocenters. The molecule has 1 saturated heterocycles. The van der Waals surface area contributed by atoms with Gasteiger partial charge in [-0.3, -0.25) is 0 Å². The summed E-state index contributed by atoms with van der Waals surface area (Å²) in [6.45, 7) is 2.21. The molecule has 0 bridgehead atoms. The monoisotopic (exact) mass is 253 g/mol. The largest absolute Gasteiger partial charge is 0.371 e. The highest BCUT2D eigenvalue weighted by Gasteiger charge is 2.19. The van der Waals surface area contributed by atoms with E-state index in [2.05, 4.69) is 23.1 Å². The van der Waals surface area contributed by atoms with Crippen molar-refractivity contribution in [3.05, 3.63) is 34.9 Å². The lowest BCUT2D eigenvalue weighted by atomic mass is 9.86. The van der Waals surface area contributed by atoms with Crippen LogP contribution in [0.2, 0.25) is 0 Å². The maximum Gasteiger partial charge on any atom is 0.0992 e. The van der Waals surface area contributed by atoms with Crippen molar-refractivity contribution in [2.45, 2.75) is 31.7 Å². The zero-order chi connectivity index (χ0) is 13.2. The molecular weight excluding hydrogens is 234 g/mol. The molecule has 1 aromatic rings. The van der Waals surface area contributed by atoms with E-state index >= 15 is 0 Å². The normalized spacial score (nSPS) is 22.0. The van der Waals surface area contributed by atoms with Gasteiger partial charge in [-0.1, -0.05) is 11.6 Å². The Morgan fingerprint density at radius 1 is 1.21 bits per heavy atom. The van der Waals surface area contributed by atoms with Gasteiger partial charge >= 0.3 is 0 Å². The first-order chi connectivity index (χ1) is 9.24. The van der Waals surface area contributed by atoms with Crippen molar-refractivity contribution in [2.24, 2.45) is 5.73 Å². The average Bonchev–Trinajstić information content (AvgIpc) is 2.90. The Kier molecular flexibility index (Phi) is 3.27. The summed E-state index contributed by atoms with van der Waals surface area (Å²) in [6.07, 6.45) is 6.69. The van der Waals surface area contributed by atoms with Gasteiger partial charge in [0.15, 0.2) is 0 Å². The second kappa shape index (κ2) is 5.07. The van der Waals surface area contributed by atoms with E-state index in [-0.39, 0.29) is 0 Å². The number of nitrogens with two attached hydrogens (primary N) is 1. The third-order valence-electron chi connectivity index (χ3n) is 3.96. The number of hydrogen-bond acceptors (Lipinski definition) is 3. The van der Waals surface area contributed by atoms with E-state index in [0.717, 1.165) is 37.1 Å². The molecule has 0 aromatic heterocycles. The van der Waals surface area contributed by atoms with Crippen LogP contribution in [0.3, 0.4) is 0 Å². The Morgan fingerprint density at radius 3 is 2.58 bits per heavy atom. The number of hydrogen-bond donors (Lipinski definition) is 1. The molecule has 98 valence electrons. The first-order valence-corrected chi connectivity index (χ1v) is 7.00. The van der Waals surface area contributed by atoms with Gasteiger partial charge in [0.1, 0.15) is 0 Å². The summed E-state index contributed by atoms with van der Waals surface area (Å²) in [5.41, 5.74) is 10.3. The zero-order valence-corrected chi connectivity index (χ0v) is 11.1. The van der Waals surface area contributed by atoms with Crippen LogP contribution < -0.4 is 10.6 Å². The van der Waals surface area contributed by atoms with E-state index in [1.807, 2.05) is 12.1 Å². The Bertz CT molecular complexity index is 540. The van der Waals surface area contributed by atoms with Crippen LogP contribution in [0, 0.1) is 11.3 Å². The van der Waals surface area contributed by atoms with Crippen LogP contribution in [0.4, 0.5) is 5.69 Å². The van der Waals surface area contributed by atoms with E-state index in [9.17, 15) is 0 Å². The Hall–Kier alpha value is -1.79. The lowest BCUT2D eigenvalue weighted by molar-refractivity contribution is 0.547. The summed E-state index contributed by atoms with van der Waals surface area (Å²) in [6, 6.07) is 8.77. The first-order valence-electron chi connectivity index (χ1n) is 7.00. The van der Waals surface area contributed by atoms with Crippen molar-refractivity contribution >= 4 is 11.8 Å². The van der Waals surface area contributed by atoms with Crippen LogP contribution in [0.5, 0.6) is 0 Å². The molecule has 1 heterocycles. The van der Waals surface area contributed by atoms with Crippen LogP contribution in [0.25, 0.3) is 6.08 Å². The fourth-order valence-corrected chi connectivity index (χ4v) is 2.91. The van der Waals surface area contributed by atoms with Crippen molar-refractivity contribution in [1.82, 2.24) is 0 Å². The molecule has 1 aliphatic heterocycles. The van der Waals surface area contributed by atoms with Gasteiger partial charge in [-0.15, -0.1) is 0 Å². The van der Waals surface area contributed by atoms with Crippen LogP contribution in [0.1, 0.15) is 36.8 Å².